The number of carbonyl (C=O) groups excluding carboxylic acids is 1. The molecular weight excluding hydrogens is 308 g/mol. The molecular formula is C13H12N4O6. The predicted molar refractivity (Wildman–Crippen MR) is 77.5 cm³/mol. The van der Waals surface area contributed by atoms with Crippen molar-refractivity contribution < 1.29 is 24.4 Å². The Kier molecular flexibility index (Phi) is 4.55. The summed E-state index contributed by atoms with van der Waals surface area (Å²) in [5, 5.41) is 25.9. The van der Waals surface area contributed by atoms with Crippen molar-refractivity contribution >= 4 is 23.3 Å². The number of carboxylic acid groups (broad SMARTS) is 1. The third kappa shape index (κ3) is 3.61. The molecule has 1 heterocycles. The predicted octanol–water partition coefficient (Wildman–Crippen LogP) is 1.14. The molecule has 10 nitrogen and oxygen atoms in total. The number of aromatic carboxylic acids is 1. The number of carbonyl (C=O) groups is 2. The third-order valence-corrected chi connectivity index (χ3v) is 2.90. The van der Waals surface area contributed by atoms with E-state index in [-0.39, 0.29) is 29.4 Å². The van der Waals surface area contributed by atoms with Crippen molar-refractivity contribution in [3.8, 4) is 5.75 Å². The van der Waals surface area contributed by atoms with Crippen molar-refractivity contribution in [3.05, 3.63) is 46.3 Å². The number of methoxy groups -OCH3 is 1. The van der Waals surface area contributed by atoms with Crippen LogP contribution in [0.15, 0.2) is 30.5 Å². The average molecular weight is 320 g/mol. The highest BCUT2D eigenvalue weighted by atomic mass is 16.6. The number of hydrogen-bond donors (Lipinski definition) is 2. The summed E-state index contributed by atoms with van der Waals surface area (Å²) in [6.07, 6.45) is 1.27. The van der Waals surface area contributed by atoms with E-state index in [1.165, 1.54) is 37.6 Å². The van der Waals surface area contributed by atoms with Crippen LogP contribution in [0.4, 0.5) is 11.4 Å². The number of nitro groups is 1. The fourth-order valence-corrected chi connectivity index (χ4v) is 1.86. The fourth-order valence-electron chi connectivity index (χ4n) is 1.86. The number of ether oxygens (including phenoxy) is 1. The smallest absolute Gasteiger partial charge is 0.354 e. The summed E-state index contributed by atoms with van der Waals surface area (Å²) in [6, 6.07) is 4.99. The van der Waals surface area contributed by atoms with Gasteiger partial charge in [0.05, 0.1) is 23.8 Å². The van der Waals surface area contributed by atoms with Gasteiger partial charge in [-0.2, -0.15) is 5.10 Å². The molecule has 0 fully saturated rings. The van der Waals surface area contributed by atoms with Gasteiger partial charge < -0.3 is 15.2 Å². The van der Waals surface area contributed by atoms with E-state index in [4.69, 9.17) is 9.84 Å². The number of nitrogens with zero attached hydrogens (tertiary/aromatic N) is 3. The van der Waals surface area contributed by atoms with Gasteiger partial charge in [-0.1, -0.05) is 0 Å². The van der Waals surface area contributed by atoms with E-state index in [2.05, 4.69) is 10.4 Å². The number of aromatic nitrogens is 2. The molecule has 120 valence electrons. The molecule has 0 aliphatic rings. The molecule has 10 heteroatoms. The number of benzene rings is 1. The Balaban J connectivity index is 2.15. The molecule has 1 aromatic heterocycles. The lowest BCUT2D eigenvalue weighted by atomic mass is 10.2. The molecule has 2 aromatic rings. The molecule has 0 aliphatic carbocycles. The van der Waals surface area contributed by atoms with E-state index in [0.29, 0.717) is 0 Å². The highest BCUT2D eigenvalue weighted by Crippen LogP contribution is 2.28. The molecule has 0 spiro atoms. The standard InChI is InChI=1S/C13H12N4O6/c1-23-11-6-8(17(21)22)2-3-9(11)15-12(18)7-16-10(13(19)20)4-5-14-16/h2-6H,7H2,1H3,(H,15,18)(H,19,20). The zero-order valence-electron chi connectivity index (χ0n) is 11.9. The fraction of sp³-hybridized carbons (Fsp3) is 0.154. The first-order chi connectivity index (χ1) is 10.9. The van der Waals surface area contributed by atoms with E-state index in [1.807, 2.05) is 0 Å². The molecule has 1 amide bonds. The maximum Gasteiger partial charge on any atom is 0.354 e. The summed E-state index contributed by atoms with van der Waals surface area (Å²) in [4.78, 5) is 33.1. The Hall–Kier alpha value is -3.43. The lowest BCUT2D eigenvalue weighted by molar-refractivity contribution is -0.384. The van der Waals surface area contributed by atoms with Gasteiger partial charge in [-0.05, 0) is 12.1 Å². The highest BCUT2D eigenvalue weighted by molar-refractivity contribution is 5.93. The quantitative estimate of drug-likeness (QED) is 0.601. The van der Waals surface area contributed by atoms with Gasteiger partial charge in [-0.25, -0.2) is 9.48 Å². The average Bonchev–Trinajstić information content (AvgIpc) is 2.95. The number of non-ortho nitro benzene ring substituents is 1. The van der Waals surface area contributed by atoms with E-state index in [1.54, 1.807) is 0 Å². The lowest BCUT2D eigenvalue weighted by Gasteiger charge is -2.10. The number of rotatable bonds is 6. The number of nitro benzene ring substituents is 1. The van der Waals surface area contributed by atoms with Gasteiger partial charge in [0, 0.05) is 12.3 Å². The van der Waals surface area contributed by atoms with Crippen LogP contribution in [-0.2, 0) is 11.3 Å². The van der Waals surface area contributed by atoms with Gasteiger partial charge >= 0.3 is 5.97 Å². The largest absolute Gasteiger partial charge is 0.494 e. The number of carboxylic acids is 1. The summed E-state index contributed by atoms with van der Waals surface area (Å²) < 4.78 is 6.02. The van der Waals surface area contributed by atoms with Crippen LogP contribution in [0.2, 0.25) is 0 Å². The van der Waals surface area contributed by atoms with Crippen LogP contribution in [0.25, 0.3) is 0 Å². The summed E-state index contributed by atoms with van der Waals surface area (Å²) >= 11 is 0. The SMILES string of the molecule is COc1cc([N+](=O)[O-])ccc1NC(=O)Cn1nccc1C(=O)O. The van der Waals surface area contributed by atoms with Gasteiger partial charge in [-0.3, -0.25) is 14.9 Å². The van der Waals surface area contributed by atoms with Crippen molar-refractivity contribution in [2.45, 2.75) is 6.54 Å². The van der Waals surface area contributed by atoms with E-state index in [9.17, 15) is 19.7 Å². The molecule has 0 bridgehead atoms. The minimum absolute atomic E-state index is 0.117. The molecule has 0 radical (unpaired) electrons. The van der Waals surface area contributed by atoms with Gasteiger partial charge in [0.2, 0.25) is 5.91 Å². The number of nitrogens with one attached hydrogen (secondary N) is 1. The van der Waals surface area contributed by atoms with Crippen LogP contribution < -0.4 is 10.1 Å². The zero-order valence-corrected chi connectivity index (χ0v) is 11.9. The summed E-state index contributed by atoms with van der Waals surface area (Å²) in [6.45, 7) is -0.325. The first-order valence-electron chi connectivity index (χ1n) is 6.29. The minimum Gasteiger partial charge on any atom is -0.494 e. The Morgan fingerprint density at radius 1 is 1.43 bits per heavy atom. The van der Waals surface area contributed by atoms with Gasteiger partial charge in [0.25, 0.3) is 5.69 Å². The van der Waals surface area contributed by atoms with Crippen molar-refractivity contribution in [2.75, 3.05) is 12.4 Å². The van der Waals surface area contributed by atoms with Crippen molar-refractivity contribution in [2.24, 2.45) is 0 Å². The van der Waals surface area contributed by atoms with Crippen molar-refractivity contribution in [1.82, 2.24) is 9.78 Å². The second-order valence-corrected chi connectivity index (χ2v) is 4.37. The van der Waals surface area contributed by atoms with Crippen LogP contribution in [0, 0.1) is 10.1 Å². The van der Waals surface area contributed by atoms with Crippen LogP contribution in [-0.4, -0.2) is 38.8 Å². The number of anilines is 1. The van der Waals surface area contributed by atoms with Gasteiger partial charge in [-0.15, -0.1) is 0 Å². The molecule has 0 aliphatic heterocycles. The minimum atomic E-state index is -1.21. The Morgan fingerprint density at radius 2 is 2.17 bits per heavy atom. The third-order valence-electron chi connectivity index (χ3n) is 2.90. The Morgan fingerprint density at radius 3 is 2.78 bits per heavy atom. The molecule has 23 heavy (non-hydrogen) atoms. The monoisotopic (exact) mass is 320 g/mol. The van der Waals surface area contributed by atoms with Crippen LogP contribution >= 0.6 is 0 Å². The Labute approximate surface area is 129 Å². The topological polar surface area (TPSA) is 137 Å². The van der Waals surface area contributed by atoms with Gasteiger partial charge in [0.15, 0.2) is 0 Å². The molecule has 0 atom stereocenters. The van der Waals surface area contributed by atoms with Crippen LogP contribution in [0.5, 0.6) is 5.75 Å². The maximum atomic E-state index is 12.0. The molecule has 1 aromatic carbocycles. The molecule has 2 N–H and O–H groups in total. The van der Waals surface area contributed by atoms with E-state index < -0.39 is 16.8 Å². The number of amides is 1. The second-order valence-electron chi connectivity index (χ2n) is 4.37. The summed E-state index contributed by atoms with van der Waals surface area (Å²) in [5.41, 5.74) is -0.0805. The first-order valence-corrected chi connectivity index (χ1v) is 6.29. The van der Waals surface area contributed by atoms with Crippen molar-refractivity contribution in [3.63, 3.8) is 0 Å². The number of hydrogen-bond acceptors (Lipinski definition) is 6. The van der Waals surface area contributed by atoms with E-state index >= 15 is 0 Å². The zero-order chi connectivity index (χ0) is 17.0. The molecule has 0 unspecified atom stereocenters. The van der Waals surface area contributed by atoms with Gasteiger partial charge in [0.1, 0.15) is 18.0 Å². The second kappa shape index (κ2) is 6.56. The Bertz CT molecular complexity index is 770. The summed E-state index contributed by atoms with van der Waals surface area (Å²) in [5.74, 6) is -1.64. The molecule has 0 saturated carbocycles. The lowest BCUT2D eigenvalue weighted by Crippen LogP contribution is -2.22. The van der Waals surface area contributed by atoms with Crippen LogP contribution in [0.3, 0.4) is 0 Å². The summed E-state index contributed by atoms with van der Waals surface area (Å²) in [7, 11) is 1.31. The normalized spacial score (nSPS) is 10.1. The molecule has 0 saturated heterocycles. The van der Waals surface area contributed by atoms with Crippen molar-refractivity contribution in [1.29, 1.82) is 0 Å². The first kappa shape index (κ1) is 15.9. The maximum absolute atomic E-state index is 12.0. The molecule has 2 rings (SSSR count). The highest BCUT2D eigenvalue weighted by Gasteiger charge is 2.16. The van der Waals surface area contributed by atoms with Crippen LogP contribution in [0.1, 0.15) is 10.5 Å². The van der Waals surface area contributed by atoms with E-state index in [0.717, 1.165) is 4.68 Å².